The second kappa shape index (κ2) is 3.50. The van der Waals surface area contributed by atoms with Gasteiger partial charge in [-0.15, -0.1) is 0 Å². The Labute approximate surface area is 104 Å². The van der Waals surface area contributed by atoms with Crippen molar-refractivity contribution in [1.82, 2.24) is 10.2 Å². The molecule has 0 atom stereocenters. The van der Waals surface area contributed by atoms with E-state index in [2.05, 4.69) is 58.7 Å². The van der Waals surface area contributed by atoms with Gasteiger partial charge in [-0.25, -0.2) is 0 Å². The Kier molecular flexibility index (Phi) is 1.86. The summed E-state index contributed by atoms with van der Waals surface area (Å²) in [5.41, 5.74) is 0. The summed E-state index contributed by atoms with van der Waals surface area (Å²) < 4.78 is 0. The molecule has 4 rings (SSSR count). The van der Waals surface area contributed by atoms with Gasteiger partial charge in [0.05, 0.1) is 12.4 Å². The molecule has 1 aromatic heterocycles. The summed E-state index contributed by atoms with van der Waals surface area (Å²) in [5, 5.41) is 15.2. The van der Waals surface area contributed by atoms with Crippen LogP contribution in [0.5, 0.6) is 0 Å². The third kappa shape index (κ3) is 1.29. The van der Waals surface area contributed by atoms with Gasteiger partial charge in [0.2, 0.25) is 0 Å². The van der Waals surface area contributed by atoms with Crippen molar-refractivity contribution < 1.29 is 0 Å². The number of fused-ring (bicyclic) bond motifs is 4. The minimum absolute atomic E-state index is 1.13. The van der Waals surface area contributed by atoms with Crippen LogP contribution in [0.2, 0.25) is 0 Å². The molecule has 0 saturated heterocycles. The van der Waals surface area contributed by atoms with E-state index in [1.54, 1.807) is 0 Å². The van der Waals surface area contributed by atoms with E-state index in [-0.39, 0.29) is 0 Å². The Morgan fingerprint density at radius 3 is 2.17 bits per heavy atom. The quantitative estimate of drug-likeness (QED) is 0.338. The fourth-order valence-corrected chi connectivity index (χ4v) is 2.50. The summed E-state index contributed by atoms with van der Waals surface area (Å²) >= 11 is 0. The van der Waals surface area contributed by atoms with Gasteiger partial charge < -0.3 is 0 Å². The first-order chi connectivity index (χ1) is 8.92. The van der Waals surface area contributed by atoms with Crippen LogP contribution in [0, 0.1) is 0 Å². The predicted octanol–water partition coefficient (Wildman–Crippen LogP) is 3.94. The van der Waals surface area contributed by atoms with Gasteiger partial charge in [0.1, 0.15) is 0 Å². The minimum atomic E-state index is 1.13. The van der Waals surface area contributed by atoms with E-state index in [4.69, 9.17) is 0 Å². The zero-order valence-corrected chi connectivity index (χ0v) is 9.67. The van der Waals surface area contributed by atoms with E-state index in [0.29, 0.717) is 0 Å². The van der Waals surface area contributed by atoms with Crippen LogP contribution in [-0.2, 0) is 0 Å². The van der Waals surface area contributed by atoms with E-state index < -0.39 is 0 Å². The van der Waals surface area contributed by atoms with E-state index >= 15 is 0 Å². The van der Waals surface area contributed by atoms with E-state index in [0.717, 1.165) is 10.8 Å². The van der Waals surface area contributed by atoms with Crippen molar-refractivity contribution in [3.8, 4) is 0 Å². The fourth-order valence-electron chi connectivity index (χ4n) is 2.50. The highest BCUT2D eigenvalue weighted by Crippen LogP contribution is 2.28. The smallest absolute Gasteiger partial charge is 0.0574 e. The van der Waals surface area contributed by atoms with Crippen LogP contribution in [-0.4, -0.2) is 10.2 Å². The highest BCUT2D eigenvalue weighted by Gasteiger charge is 2.02. The average Bonchev–Trinajstić information content (AvgIpc) is 2.45. The number of benzene rings is 3. The van der Waals surface area contributed by atoms with E-state index in [1.807, 2.05) is 12.4 Å². The standard InChI is InChI=1S/C16H10N2/c1-2-4-15-11(3-1)5-6-12-7-13-9-17-18-10-14(13)8-16(12)15/h1-10H. The summed E-state index contributed by atoms with van der Waals surface area (Å²) in [4.78, 5) is 0. The average molecular weight is 230 g/mol. The molecular weight excluding hydrogens is 220 g/mol. The summed E-state index contributed by atoms with van der Waals surface area (Å²) in [5.74, 6) is 0. The highest BCUT2D eigenvalue weighted by atomic mass is 15.1. The van der Waals surface area contributed by atoms with Crippen LogP contribution in [0.4, 0.5) is 0 Å². The van der Waals surface area contributed by atoms with E-state index in [9.17, 15) is 0 Å². The van der Waals surface area contributed by atoms with Crippen molar-refractivity contribution in [2.75, 3.05) is 0 Å². The van der Waals surface area contributed by atoms with Crippen LogP contribution in [0.3, 0.4) is 0 Å². The third-order valence-corrected chi connectivity index (χ3v) is 3.41. The lowest BCUT2D eigenvalue weighted by molar-refractivity contribution is 1.05. The first kappa shape index (κ1) is 9.54. The Hall–Kier alpha value is -2.48. The molecule has 3 aromatic carbocycles. The molecule has 84 valence electrons. The van der Waals surface area contributed by atoms with Crippen molar-refractivity contribution >= 4 is 32.3 Å². The molecule has 2 heteroatoms. The summed E-state index contributed by atoms with van der Waals surface area (Å²) in [6.45, 7) is 0. The summed E-state index contributed by atoms with van der Waals surface area (Å²) in [7, 11) is 0. The Morgan fingerprint density at radius 2 is 1.28 bits per heavy atom. The number of nitrogens with zero attached hydrogens (tertiary/aromatic N) is 2. The Morgan fingerprint density at radius 1 is 0.556 bits per heavy atom. The van der Waals surface area contributed by atoms with Crippen molar-refractivity contribution in [1.29, 1.82) is 0 Å². The molecule has 4 aromatic rings. The molecule has 0 fully saturated rings. The third-order valence-electron chi connectivity index (χ3n) is 3.41. The maximum absolute atomic E-state index is 3.95. The Balaban J connectivity index is 2.27. The van der Waals surface area contributed by atoms with Crippen molar-refractivity contribution in [3.63, 3.8) is 0 Å². The van der Waals surface area contributed by atoms with E-state index in [1.165, 1.54) is 21.5 Å². The van der Waals surface area contributed by atoms with Gasteiger partial charge in [-0.1, -0.05) is 36.4 Å². The highest BCUT2D eigenvalue weighted by molar-refractivity contribution is 6.11. The number of hydrogen-bond donors (Lipinski definition) is 0. The summed E-state index contributed by atoms with van der Waals surface area (Å²) in [6, 6.07) is 17.2. The number of aromatic nitrogens is 2. The molecule has 0 aliphatic rings. The lowest BCUT2D eigenvalue weighted by Gasteiger charge is -2.05. The monoisotopic (exact) mass is 230 g/mol. The topological polar surface area (TPSA) is 25.8 Å². The van der Waals surface area contributed by atoms with Crippen LogP contribution >= 0.6 is 0 Å². The first-order valence-corrected chi connectivity index (χ1v) is 5.94. The van der Waals surface area contributed by atoms with Gasteiger partial charge in [-0.05, 0) is 33.7 Å². The normalized spacial score (nSPS) is 11.3. The molecule has 0 saturated carbocycles. The molecular formula is C16H10N2. The van der Waals surface area contributed by atoms with Gasteiger partial charge in [-0.3, -0.25) is 0 Å². The largest absolute Gasteiger partial charge is 0.158 e. The predicted molar refractivity (Wildman–Crippen MR) is 74.6 cm³/mol. The number of rotatable bonds is 0. The molecule has 0 aliphatic carbocycles. The number of hydrogen-bond acceptors (Lipinski definition) is 2. The van der Waals surface area contributed by atoms with Gasteiger partial charge in [-0.2, -0.15) is 10.2 Å². The Bertz CT molecular complexity index is 875. The maximum atomic E-state index is 3.95. The molecule has 18 heavy (non-hydrogen) atoms. The lowest BCUT2D eigenvalue weighted by atomic mass is 10.00. The molecule has 0 aliphatic heterocycles. The van der Waals surface area contributed by atoms with Gasteiger partial charge >= 0.3 is 0 Å². The fraction of sp³-hybridized carbons (Fsp3) is 0. The van der Waals surface area contributed by atoms with Crippen molar-refractivity contribution in [3.05, 3.63) is 60.9 Å². The van der Waals surface area contributed by atoms with Crippen LogP contribution in [0.1, 0.15) is 0 Å². The second-order valence-corrected chi connectivity index (χ2v) is 4.48. The summed E-state index contributed by atoms with van der Waals surface area (Å²) in [6.07, 6.45) is 3.63. The molecule has 0 radical (unpaired) electrons. The molecule has 0 N–H and O–H groups in total. The minimum Gasteiger partial charge on any atom is -0.158 e. The molecule has 0 amide bonds. The zero-order chi connectivity index (χ0) is 11.9. The van der Waals surface area contributed by atoms with Gasteiger partial charge in [0, 0.05) is 10.8 Å². The van der Waals surface area contributed by atoms with Crippen LogP contribution in [0.15, 0.2) is 60.9 Å². The molecule has 1 heterocycles. The SMILES string of the molecule is c1ccc2c(c1)ccc1cc3cnncc3cc12. The molecule has 0 unspecified atom stereocenters. The molecule has 0 spiro atoms. The lowest BCUT2D eigenvalue weighted by Crippen LogP contribution is -1.82. The van der Waals surface area contributed by atoms with Gasteiger partial charge in [0.25, 0.3) is 0 Å². The van der Waals surface area contributed by atoms with Crippen molar-refractivity contribution in [2.24, 2.45) is 0 Å². The second-order valence-electron chi connectivity index (χ2n) is 4.48. The molecule has 0 bridgehead atoms. The zero-order valence-electron chi connectivity index (χ0n) is 9.67. The van der Waals surface area contributed by atoms with Gasteiger partial charge in [0.15, 0.2) is 0 Å². The molecule has 2 nitrogen and oxygen atoms in total. The van der Waals surface area contributed by atoms with Crippen molar-refractivity contribution in [2.45, 2.75) is 0 Å². The van der Waals surface area contributed by atoms with Crippen LogP contribution < -0.4 is 0 Å². The first-order valence-electron chi connectivity index (χ1n) is 5.94. The maximum Gasteiger partial charge on any atom is 0.0574 e. The van der Waals surface area contributed by atoms with Crippen LogP contribution in [0.25, 0.3) is 32.3 Å².